The first kappa shape index (κ1) is 12.5. The molecule has 17 heavy (non-hydrogen) atoms. The zero-order chi connectivity index (χ0) is 12.1. The molecule has 96 valence electrons. The number of hydrogen-bond donors (Lipinski definition) is 1. The van der Waals surface area contributed by atoms with Crippen molar-refractivity contribution in [3.05, 3.63) is 11.7 Å². The molecule has 0 bridgehead atoms. The van der Waals surface area contributed by atoms with Gasteiger partial charge in [0.05, 0.1) is 6.54 Å². The molecule has 0 aliphatic carbocycles. The predicted octanol–water partition coefficient (Wildman–Crippen LogP) is 1.38. The summed E-state index contributed by atoms with van der Waals surface area (Å²) in [4.78, 5) is 6.87. The Labute approximate surface area is 103 Å². The topological polar surface area (TPSA) is 54.2 Å². The van der Waals surface area contributed by atoms with Crippen LogP contribution < -0.4 is 5.32 Å². The standard InChI is InChI=1S/C12H22N4O/c1-3-10(4-2)12-14-11(15-17-12)9-16-7-5-13-6-8-16/h10,13H,3-9H2,1-2H3. The molecule has 0 spiro atoms. The van der Waals surface area contributed by atoms with Gasteiger partial charge in [0, 0.05) is 32.1 Å². The highest BCUT2D eigenvalue weighted by atomic mass is 16.5. The van der Waals surface area contributed by atoms with Gasteiger partial charge >= 0.3 is 0 Å². The van der Waals surface area contributed by atoms with Crippen molar-refractivity contribution in [2.75, 3.05) is 26.2 Å². The smallest absolute Gasteiger partial charge is 0.229 e. The van der Waals surface area contributed by atoms with Gasteiger partial charge in [-0.05, 0) is 12.8 Å². The Hall–Kier alpha value is -0.940. The molecular formula is C12H22N4O. The molecule has 0 atom stereocenters. The summed E-state index contributed by atoms with van der Waals surface area (Å²) in [6, 6.07) is 0. The lowest BCUT2D eigenvalue weighted by molar-refractivity contribution is 0.224. The SMILES string of the molecule is CCC(CC)c1nc(CN2CCNCC2)no1. The Balaban J connectivity index is 1.93. The van der Waals surface area contributed by atoms with Crippen LogP contribution >= 0.6 is 0 Å². The third-order valence-electron chi connectivity index (χ3n) is 3.39. The first-order valence-electron chi connectivity index (χ1n) is 6.59. The molecule has 1 N–H and O–H groups in total. The van der Waals surface area contributed by atoms with Crippen LogP contribution in [-0.2, 0) is 6.54 Å². The Bertz CT molecular complexity index is 329. The van der Waals surface area contributed by atoms with Crippen LogP contribution in [0.15, 0.2) is 4.52 Å². The van der Waals surface area contributed by atoms with E-state index in [4.69, 9.17) is 4.52 Å². The summed E-state index contributed by atoms with van der Waals surface area (Å²) in [6.45, 7) is 9.37. The lowest BCUT2D eigenvalue weighted by Crippen LogP contribution is -2.43. The van der Waals surface area contributed by atoms with E-state index in [-0.39, 0.29) is 0 Å². The van der Waals surface area contributed by atoms with Gasteiger partial charge < -0.3 is 9.84 Å². The number of nitrogens with one attached hydrogen (secondary N) is 1. The summed E-state index contributed by atoms with van der Waals surface area (Å²) in [5.41, 5.74) is 0. The zero-order valence-corrected chi connectivity index (χ0v) is 10.8. The second-order valence-electron chi connectivity index (χ2n) is 4.59. The fourth-order valence-electron chi connectivity index (χ4n) is 2.20. The monoisotopic (exact) mass is 238 g/mol. The highest BCUT2D eigenvalue weighted by molar-refractivity contribution is 4.93. The molecule has 1 aromatic rings. The van der Waals surface area contributed by atoms with E-state index in [2.05, 4.69) is 34.2 Å². The quantitative estimate of drug-likeness (QED) is 0.840. The van der Waals surface area contributed by atoms with Crippen LogP contribution in [0.1, 0.15) is 44.3 Å². The summed E-state index contributed by atoms with van der Waals surface area (Å²) < 4.78 is 5.35. The van der Waals surface area contributed by atoms with E-state index < -0.39 is 0 Å². The normalized spacial score (nSPS) is 17.8. The lowest BCUT2D eigenvalue weighted by Gasteiger charge is -2.25. The van der Waals surface area contributed by atoms with Gasteiger partial charge in [-0.25, -0.2) is 0 Å². The van der Waals surface area contributed by atoms with Crippen molar-refractivity contribution in [1.82, 2.24) is 20.4 Å². The molecule has 1 aliphatic rings. The lowest BCUT2D eigenvalue weighted by atomic mass is 10.0. The van der Waals surface area contributed by atoms with Crippen molar-refractivity contribution >= 4 is 0 Å². The van der Waals surface area contributed by atoms with Crippen molar-refractivity contribution in [1.29, 1.82) is 0 Å². The number of nitrogens with zero attached hydrogens (tertiary/aromatic N) is 3. The molecule has 5 heteroatoms. The Morgan fingerprint density at radius 1 is 1.29 bits per heavy atom. The van der Waals surface area contributed by atoms with E-state index in [1.165, 1.54) is 0 Å². The Morgan fingerprint density at radius 3 is 2.65 bits per heavy atom. The van der Waals surface area contributed by atoms with Crippen molar-refractivity contribution in [2.24, 2.45) is 0 Å². The number of aromatic nitrogens is 2. The molecule has 0 aromatic carbocycles. The fourth-order valence-corrected chi connectivity index (χ4v) is 2.20. The summed E-state index contributed by atoms with van der Waals surface area (Å²) >= 11 is 0. The molecule has 0 unspecified atom stereocenters. The van der Waals surface area contributed by atoms with Gasteiger partial charge in [-0.1, -0.05) is 19.0 Å². The molecule has 0 amide bonds. The van der Waals surface area contributed by atoms with Crippen LogP contribution in [-0.4, -0.2) is 41.2 Å². The van der Waals surface area contributed by atoms with Gasteiger partial charge in [0.2, 0.25) is 5.89 Å². The first-order chi connectivity index (χ1) is 8.33. The third-order valence-corrected chi connectivity index (χ3v) is 3.39. The van der Waals surface area contributed by atoms with Gasteiger partial charge in [-0.2, -0.15) is 4.98 Å². The van der Waals surface area contributed by atoms with E-state index in [1.54, 1.807) is 0 Å². The van der Waals surface area contributed by atoms with Crippen molar-refractivity contribution in [3.8, 4) is 0 Å². The molecule has 0 radical (unpaired) electrons. The predicted molar refractivity (Wildman–Crippen MR) is 65.8 cm³/mol. The summed E-state index contributed by atoms with van der Waals surface area (Å²) in [7, 11) is 0. The van der Waals surface area contributed by atoms with Crippen LogP contribution in [0.4, 0.5) is 0 Å². The summed E-state index contributed by atoms with van der Waals surface area (Å²) in [5, 5.41) is 7.42. The summed E-state index contributed by atoms with van der Waals surface area (Å²) in [5.74, 6) is 2.05. The maximum Gasteiger partial charge on any atom is 0.229 e. The second kappa shape index (κ2) is 6.12. The maximum absolute atomic E-state index is 5.35. The molecule has 1 aromatic heterocycles. The van der Waals surface area contributed by atoms with Gasteiger partial charge in [-0.15, -0.1) is 0 Å². The van der Waals surface area contributed by atoms with Crippen LogP contribution in [0.25, 0.3) is 0 Å². The number of piperazine rings is 1. The van der Waals surface area contributed by atoms with E-state index in [9.17, 15) is 0 Å². The highest BCUT2D eigenvalue weighted by Gasteiger charge is 2.17. The van der Waals surface area contributed by atoms with Crippen molar-refractivity contribution in [2.45, 2.75) is 39.2 Å². The van der Waals surface area contributed by atoms with E-state index >= 15 is 0 Å². The van der Waals surface area contributed by atoms with Crippen LogP contribution in [0.2, 0.25) is 0 Å². The van der Waals surface area contributed by atoms with Crippen molar-refractivity contribution < 1.29 is 4.52 Å². The minimum atomic E-state index is 0.416. The van der Waals surface area contributed by atoms with Gasteiger partial charge in [0.1, 0.15) is 0 Å². The molecule has 1 aliphatic heterocycles. The molecule has 1 saturated heterocycles. The largest absolute Gasteiger partial charge is 0.339 e. The number of rotatable bonds is 5. The minimum Gasteiger partial charge on any atom is -0.339 e. The van der Waals surface area contributed by atoms with Crippen LogP contribution in [0.5, 0.6) is 0 Å². The molecular weight excluding hydrogens is 216 g/mol. The Morgan fingerprint density at radius 2 is 2.00 bits per heavy atom. The average Bonchev–Trinajstić information content (AvgIpc) is 2.81. The van der Waals surface area contributed by atoms with Crippen molar-refractivity contribution in [3.63, 3.8) is 0 Å². The van der Waals surface area contributed by atoms with Crippen LogP contribution in [0.3, 0.4) is 0 Å². The van der Waals surface area contributed by atoms with Gasteiger partial charge in [0.25, 0.3) is 0 Å². The minimum absolute atomic E-state index is 0.416. The summed E-state index contributed by atoms with van der Waals surface area (Å²) in [6.07, 6.45) is 2.12. The zero-order valence-electron chi connectivity index (χ0n) is 10.8. The molecule has 2 rings (SSSR count). The third kappa shape index (κ3) is 3.26. The molecule has 0 saturated carbocycles. The van der Waals surface area contributed by atoms with Crippen LogP contribution in [0, 0.1) is 0 Å². The molecule has 5 nitrogen and oxygen atoms in total. The highest BCUT2D eigenvalue weighted by Crippen LogP contribution is 2.21. The number of hydrogen-bond acceptors (Lipinski definition) is 5. The van der Waals surface area contributed by atoms with Gasteiger partial charge in [0.15, 0.2) is 5.82 Å². The second-order valence-corrected chi connectivity index (χ2v) is 4.59. The van der Waals surface area contributed by atoms with E-state index in [1.807, 2.05) is 0 Å². The van der Waals surface area contributed by atoms with E-state index in [0.29, 0.717) is 5.92 Å². The molecule has 1 fully saturated rings. The van der Waals surface area contributed by atoms with Gasteiger partial charge in [-0.3, -0.25) is 4.90 Å². The maximum atomic E-state index is 5.35. The average molecular weight is 238 g/mol. The Kier molecular flexibility index (Phi) is 4.50. The molecule has 2 heterocycles. The fraction of sp³-hybridized carbons (Fsp3) is 0.833. The van der Waals surface area contributed by atoms with E-state index in [0.717, 1.165) is 57.3 Å². The first-order valence-corrected chi connectivity index (χ1v) is 6.59.